The van der Waals surface area contributed by atoms with Crippen molar-refractivity contribution in [1.82, 2.24) is 14.7 Å². The first-order valence-electron chi connectivity index (χ1n) is 7.85. The summed E-state index contributed by atoms with van der Waals surface area (Å²) in [6, 6.07) is 8.75. The number of ether oxygens (including phenoxy) is 1. The minimum absolute atomic E-state index is 0.153. The van der Waals surface area contributed by atoms with Crippen LogP contribution in [0.4, 0.5) is 4.39 Å². The smallest absolute Gasteiger partial charge is 0.123 e. The third kappa shape index (κ3) is 4.39. The molecule has 0 amide bonds. The molecule has 1 aliphatic rings. The van der Waals surface area contributed by atoms with Crippen molar-refractivity contribution in [3.05, 3.63) is 54.1 Å². The Morgan fingerprint density at radius 1 is 1.27 bits per heavy atom. The SMILES string of the molecule is Fc1cccc(C[C@H]2CN(CCCn3cccn3)CCO2)c1. The standard InChI is InChI=1S/C17H22FN3O/c18-16-5-1-4-15(12-16)13-17-14-20(10-11-22-17)7-3-9-21-8-2-6-19-21/h1-2,4-6,8,12,17H,3,7,9-11,13-14H2/t17-/m0/s1. The molecule has 0 N–H and O–H groups in total. The largest absolute Gasteiger partial charge is 0.375 e. The highest BCUT2D eigenvalue weighted by Gasteiger charge is 2.20. The Morgan fingerprint density at radius 3 is 3.05 bits per heavy atom. The van der Waals surface area contributed by atoms with Crippen molar-refractivity contribution < 1.29 is 9.13 Å². The zero-order chi connectivity index (χ0) is 15.2. The fraction of sp³-hybridized carbons (Fsp3) is 0.471. The summed E-state index contributed by atoms with van der Waals surface area (Å²) in [5, 5.41) is 4.22. The average molecular weight is 303 g/mol. The first-order valence-corrected chi connectivity index (χ1v) is 7.85. The van der Waals surface area contributed by atoms with Crippen LogP contribution in [0.15, 0.2) is 42.7 Å². The molecule has 5 heteroatoms. The van der Waals surface area contributed by atoms with Gasteiger partial charge in [-0.3, -0.25) is 9.58 Å². The summed E-state index contributed by atoms with van der Waals surface area (Å²) in [6.07, 6.45) is 5.80. The van der Waals surface area contributed by atoms with Gasteiger partial charge in [0.05, 0.1) is 12.7 Å². The van der Waals surface area contributed by atoms with Crippen molar-refractivity contribution >= 4 is 0 Å². The van der Waals surface area contributed by atoms with Crippen LogP contribution < -0.4 is 0 Å². The van der Waals surface area contributed by atoms with E-state index in [0.717, 1.165) is 51.2 Å². The first-order chi connectivity index (χ1) is 10.8. The van der Waals surface area contributed by atoms with Crippen LogP contribution in [0.5, 0.6) is 0 Å². The number of hydrogen-bond donors (Lipinski definition) is 0. The molecule has 1 aliphatic heterocycles. The number of morpholine rings is 1. The number of hydrogen-bond acceptors (Lipinski definition) is 3. The van der Waals surface area contributed by atoms with Crippen LogP contribution in [0, 0.1) is 5.82 Å². The van der Waals surface area contributed by atoms with E-state index in [2.05, 4.69) is 10.00 Å². The molecular weight excluding hydrogens is 281 g/mol. The zero-order valence-electron chi connectivity index (χ0n) is 12.7. The molecule has 0 aliphatic carbocycles. The van der Waals surface area contributed by atoms with Gasteiger partial charge in [-0.15, -0.1) is 0 Å². The lowest BCUT2D eigenvalue weighted by atomic mass is 10.1. The average Bonchev–Trinajstić information content (AvgIpc) is 3.01. The van der Waals surface area contributed by atoms with Crippen molar-refractivity contribution in [2.45, 2.75) is 25.5 Å². The molecule has 0 unspecified atom stereocenters. The van der Waals surface area contributed by atoms with Crippen molar-refractivity contribution in [3.63, 3.8) is 0 Å². The lowest BCUT2D eigenvalue weighted by Gasteiger charge is -2.33. The number of aromatic nitrogens is 2. The molecule has 118 valence electrons. The van der Waals surface area contributed by atoms with Crippen molar-refractivity contribution in [2.75, 3.05) is 26.2 Å². The molecule has 1 aromatic carbocycles. The predicted molar refractivity (Wildman–Crippen MR) is 83.1 cm³/mol. The van der Waals surface area contributed by atoms with E-state index in [-0.39, 0.29) is 11.9 Å². The Bertz CT molecular complexity index is 573. The molecule has 4 nitrogen and oxygen atoms in total. The van der Waals surface area contributed by atoms with Crippen LogP contribution in [-0.4, -0.2) is 47.0 Å². The van der Waals surface area contributed by atoms with Crippen molar-refractivity contribution in [3.8, 4) is 0 Å². The van der Waals surface area contributed by atoms with Crippen molar-refractivity contribution in [1.29, 1.82) is 0 Å². The molecule has 3 rings (SSSR count). The maximum atomic E-state index is 13.2. The first kappa shape index (κ1) is 15.2. The Hall–Kier alpha value is -1.72. The second-order valence-electron chi connectivity index (χ2n) is 5.75. The molecule has 0 saturated carbocycles. The highest BCUT2D eigenvalue weighted by atomic mass is 19.1. The van der Waals surface area contributed by atoms with E-state index in [1.807, 2.05) is 29.2 Å². The summed E-state index contributed by atoms with van der Waals surface area (Å²) >= 11 is 0. The van der Waals surface area contributed by atoms with Gasteiger partial charge in [0.25, 0.3) is 0 Å². The number of benzene rings is 1. The van der Waals surface area contributed by atoms with E-state index in [1.165, 1.54) is 6.07 Å². The molecule has 22 heavy (non-hydrogen) atoms. The fourth-order valence-electron chi connectivity index (χ4n) is 2.92. The molecule has 1 saturated heterocycles. The summed E-state index contributed by atoms with van der Waals surface area (Å²) in [7, 11) is 0. The molecule has 1 fully saturated rings. The summed E-state index contributed by atoms with van der Waals surface area (Å²) in [4.78, 5) is 2.43. The second kappa shape index (κ2) is 7.51. The maximum Gasteiger partial charge on any atom is 0.123 e. The summed E-state index contributed by atoms with van der Waals surface area (Å²) in [6.45, 7) is 4.62. The van der Waals surface area contributed by atoms with E-state index >= 15 is 0 Å². The zero-order valence-corrected chi connectivity index (χ0v) is 12.7. The van der Waals surface area contributed by atoms with Gasteiger partial charge in [-0.05, 0) is 36.6 Å². The molecule has 2 heterocycles. The van der Waals surface area contributed by atoms with Gasteiger partial charge in [-0.25, -0.2) is 4.39 Å². The van der Waals surface area contributed by atoms with Gasteiger partial charge in [0.1, 0.15) is 5.82 Å². The van der Waals surface area contributed by atoms with Crippen LogP contribution in [0.3, 0.4) is 0 Å². The van der Waals surface area contributed by atoms with Crippen LogP contribution in [0.2, 0.25) is 0 Å². The van der Waals surface area contributed by atoms with Gasteiger partial charge < -0.3 is 4.74 Å². The quantitative estimate of drug-likeness (QED) is 0.820. The Balaban J connectivity index is 1.44. The van der Waals surface area contributed by atoms with Crippen LogP contribution in [-0.2, 0) is 17.7 Å². The Labute approximate surface area is 130 Å². The molecule has 1 atom stereocenters. The van der Waals surface area contributed by atoms with Crippen LogP contribution >= 0.6 is 0 Å². The van der Waals surface area contributed by atoms with E-state index in [0.29, 0.717) is 0 Å². The van der Waals surface area contributed by atoms with Gasteiger partial charge in [0.2, 0.25) is 0 Å². The highest BCUT2D eigenvalue weighted by Crippen LogP contribution is 2.13. The number of halogens is 1. The minimum Gasteiger partial charge on any atom is -0.375 e. The molecule has 0 radical (unpaired) electrons. The normalized spacial score (nSPS) is 19.4. The molecule has 1 aromatic heterocycles. The summed E-state index contributed by atoms with van der Waals surface area (Å²) in [5.74, 6) is -0.176. The summed E-state index contributed by atoms with van der Waals surface area (Å²) < 4.78 is 21.0. The predicted octanol–water partition coefficient (Wildman–Crippen LogP) is 2.36. The Morgan fingerprint density at radius 2 is 2.23 bits per heavy atom. The lowest BCUT2D eigenvalue weighted by molar-refractivity contribution is -0.0281. The third-order valence-corrected chi connectivity index (χ3v) is 4.00. The third-order valence-electron chi connectivity index (χ3n) is 4.00. The van der Waals surface area contributed by atoms with Gasteiger partial charge >= 0.3 is 0 Å². The topological polar surface area (TPSA) is 30.3 Å². The summed E-state index contributed by atoms with van der Waals surface area (Å²) in [5.41, 5.74) is 1.00. The van der Waals surface area contributed by atoms with E-state index in [9.17, 15) is 4.39 Å². The van der Waals surface area contributed by atoms with E-state index in [4.69, 9.17) is 4.74 Å². The van der Waals surface area contributed by atoms with Crippen LogP contribution in [0.1, 0.15) is 12.0 Å². The highest BCUT2D eigenvalue weighted by molar-refractivity contribution is 5.17. The minimum atomic E-state index is -0.176. The van der Waals surface area contributed by atoms with Gasteiger partial charge in [0.15, 0.2) is 0 Å². The number of rotatable bonds is 6. The maximum absolute atomic E-state index is 13.2. The molecular formula is C17H22FN3O. The van der Waals surface area contributed by atoms with Gasteiger partial charge in [-0.2, -0.15) is 5.10 Å². The number of aryl methyl sites for hydroxylation is 1. The molecule has 0 bridgehead atoms. The van der Waals surface area contributed by atoms with Crippen molar-refractivity contribution in [2.24, 2.45) is 0 Å². The fourth-order valence-corrected chi connectivity index (χ4v) is 2.92. The van der Waals surface area contributed by atoms with E-state index in [1.54, 1.807) is 12.1 Å². The number of nitrogens with zero attached hydrogens (tertiary/aromatic N) is 3. The molecule has 2 aromatic rings. The second-order valence-corrected chi connectivity index (χ2v) is 5.75. The van der Waals surface area contributed by atoms with Crippen LogP contribution in [0.25, 0.3) is 0 Å². The monoisotopic (exact) mass is 303 g/mol. The Kier molecular flexibility index (Phi) is 5.19. The van der Waals surface area contributed by atoms with Gasteiger partial charge in [0, 0.05) is 38.6 Å². The van der Waals surface area contributed by atoms with Gasteiger partial charge in [-0.1, -0.05) is 12.1 Å². The lowest BCUT2D eigenvalue weighted by Crippen LogP contribution is -2.43. The molecule has 0 spiro atoms. The van der Waals surface area contributed by atoms with E-state index < -0.39 is 0 Å².